The molecule has 0 saturated carbocycles. The van der Waals surface area contributed by atoms with Crippen molar-refractivity contribution < 1.29 is 4.74 Å². The number of hydrogen-bond donors (Lipinski definition) is 0. The molecule has 3 rings (SSSR count). The van der Waals surface area contributed by atoms with Crippen LogP contribution in [0.5, 0.6) is 0 Å². The van der Waals surface area contributed by atoms with Crippen molar-refractivity contribution in [3.05, 3.63) is 30.3 Å². The number of hydrogen-bond acceptors (Lipinski definition) is 5. The maximum Gasteiger partial charge on any atom is 0.250 e. The van der Waals surface area contributed by atoms with Crippen LogP contribution in [0.4, 0.5) is 5.95 Å². The van der Waals surface area contributed by atoms with Gasteiger partial charge >= 0.3 is 0 Å². The van der Waals surface area contributed by atoms with Crippen molar-refractivity contribution in [2.45, 2.75) is 19.1 Å². The summed E-state index contributed by atoms with van der Waals surface area (Å²) < 4.78 is 7.52. The molecule has 1 saturated heterocycles. The molecule has 1 aromatic carbocycles. The fourth-order valence-electron chi connectivity index (χ4n) is 2.29. The van der Waals surface area contributed by atoms with E-state index in [0.717, 1.165) is 23.5 Å². The number of tetrazole rings is 1. The summed E-state index contributed by atoms with van der Waals surface area (Å²) >= 11 is 3.47. The number of benzene rings is 1. The molecule has 0 radical (unpaired) electrons. The van der Waals surface area contributed by atoms with Crippen molar-refractivity contribution >= 4 is 21.9 Å². The van der Waals surface area contributed by atoms with Crippen LogP contribution in [0.2, 0.25) is 0 Å². The molecule has 2 heterocycles. The molecular weight excluding hydrogens is 322 g/mol. The topological polar surface area (TPSA) is 56.1 Å². The predicted octanol–water partition coefficient (Wildman–Crippen LogP) is 1.65. The van der Waals surface area contributed by atoms with E-state index >= 15 is 0 Å². The quantitative estimate of drug-likeness (QED) is 0.797. The highest BCUT2D eigenvalue weighted by Gasteiger charge is 2.29. The fourth-order valence-corrected chi connectivity index (χ4v) is 2.68. The van der Waals surface area contributed by atoms with E-state index in [9.17, 15) is 0 Å². The third-order valence-electron chi connectivity index (χ3n) is 3.39. The van der Waals surface area contributed by atoms with E-state index in [-0.39, 0.29) is 12.1 Å². The lowest BCUT2D eigenvalue weighted by molar-refractivity contribution is 0.0371. The molecule has 0 amide bonds. The number of halogens is 1. The number of morpholine rings is 1. The molecule has 1 aromatic heterocycles. The molecule has 0 spiro atoms. The second kappa shape index (κ2) is 5.88. The summed E-state index contributed by atoms with van der Waals surface area (Å²) in [7, 11) is 0. The van der Waals surface area contributed by atoms with E-state index in [4.69, 9.17) is 4.74 Å². The number of ether oxygens (including phenoxy) is 1. The Labute approximate surface area is 125 Å². The zero-order valence-electron chi connectivity index (χ0n) is 11.2. The molecule has 2 aromatic rings. The van der Waals surface area contributed by atoms with E-state index in [2.05, 4.69) is 43.3 Å². The van der Waals surface area contributed by atoms with Gasteiger partial charge < -0.3 is 9.64 Å². The summed E-state index contributed by atoms with van der Waals surface area (Å²) in [5.41, 5.74) is 0.960. The van der Waals surface area contributed by atoms with Crippen LogP contribution in [0.25, 0.3) is 5.69 Å². The molecule has 7 heteroatoms. The standard InChI is InChI=1S/C13H16BrN5O/c1-10-9-20-12(7-14)8-18(10)13-15-16-17-19(13)11-5-3-2-4-6-11/h2-6,10,12H,7-9H2,1H3. The zero-order valence-corrected chi connectivity index (χ0v) is 12.8. The van der Waals surface area contributed by atoms with Crippen LogP contribution in [-0.4, -0.2) is 50.8 Å². The first-order valence-corrected chi connectivity index (χ1v) is 7.69. The first kappa shape index (κ1) is 13.5. The van der Waals surface area contributed by atoms with Crippen molar-refractivity contribution in [3.63, 3.8) is 0 Å². The highest BCUT2D eigenvalue weighted by Crippen LogP contribution is 2.22. The van der Waals surface area contributed by atoms with Crippen molar-refractivity contribution in [2.75, 3.05) is 23.4 Å². The van der Waals surface area contributed by atoms with Gasteiger partial charge in [0.2, 0.25) is 0 Å². The van der Waals surface area contributed by atoms with Crippen LogP contribution in [0.15, 0.2) is 30.3 Å². The molecule has 106 valence electrons. The highest BCUT2D eigenvalue weighted by atomic mass is 79.9. The first-order valence-electron chi connectivity index (χ1n) is 6.57. The molecule has 1 fully saturated rings. The lowest BCUT2D eigenvalue weighted by Gasteiger charge is -2.37. The van der Waals surface area contributed by atoms with Crippen molar-refractivity contribution in [2.24, 2.45) is 0 Å². The Balaban J connectivity index is 1.92. The number of anilines is 1. The average molecular weight is 338 g/mol. The summed E-state index contributed by atoms with van der Waals surface area (Å²) in [5, 5.41) is 12.9. The zero-order chi connectivity index (χ0) is 13.9. The fraction of sp³-hybridized carbons (Fsp3) is 0.462. The lowest BCUT2D eigenvalue weighted by Crippen LogP contribution is -2.50. The Hall–Kier alpha value is -1.47. The molecule has 1 aliphatic heterocycles. The molecule has 6 nitrogen and oxygen atoms in total. The summed E-state index contributed by atoms with van der Waals surface area (Å²) in [4.78, 5) is 2.20. The van der Waals surface area contributed by atoms with Gasteiger partial charge in [-0.15, -0.1) is 0 Å². The van der Waals surface area contributed by atoms with Crippen molar-refractivity contribution in [1.29, 1.82) is 0 Å². The summed E-state index contributed by atoms with van der Waals surface area (Å²) in [5.74, 6) is 0.762. The van der Waals surface area contributed by atoms with E-state index in [1.807, 2.05) is 30.3 Å². The number of nitrogens with zero attached hydrogens (tertiary/aromatic N) is 5. The van der Waals surface area contributed by atoms with Gasteiger partial charge in [0.05, 0.1) is 24.4 Å². The summed E-state index contributed by atoms with van der Waals surface area (Å²) in [6, 6.07) is 10.2. The minimum absolute atomic E-state index is 0.159. The Morgan fingerprint density at radius 3 is 2.90 bits per heavy atom. The molecule has 0 aliphatic carbocycles. The van der Waals surface area contributed by atoms with E-state index in [0.29, 0.717) is 6.61 Å². The van der Waals surface area contributed by atoms with E-state index in [1.165, 1.54) is 0 Å². The normalized spacial score (nSPS) is 23.0. The second-order valence-corrected chi connectivity index (χ2v) is 5.48. The van der Waals surface area contributed by atoms with Gasteiger partial charge in [0.1, 0.15) is 0 Å². The summed E-state index contributed by atoms with van der Waals surface area (Å²) in [6.45, 7) is 3.58. The third-order valence-corrected chi connectivity index (χ3v) is 4.11. The lowest BCUT2D eigenvalue weighted by atomic mass is 10.2. The maximum atomic E-state index is 5.75. The van der Waals surface area contributed by atoms with Gasteiger partial charge in [-0.1, -0.05) is 39.2 Å². The molecule has 20 heavy (non-hydrogen) atoms. The van der Waals surface area contributed by atoms with Crippen LogP contribution in [-0.2, 0) is 4.74 Å². The third kappa shape index (κ3) is 2.55. The van der Waals surface area contributed by atoms with E-state index in [1.54, 1.807) is 4.68 Å². The van der Waals surface area contributed by atoms with Gasteiger partial charge in [0, 0.05) is 11.9 Å². The minimum atomic E-state index is 0.159. The largest absolute Gasteiger partial charge is 0.373 e. The summed E-state index contributed by atoms with van der Waals surface area (Å²) in [6.07, 6.45) is 0.159. The average Bonchev–Trinajstić information content (AvgIpc) is 2.98. The van der Waals surface area contributed by atoms with Gasteiger partial charge in [0.25, 0.3) is 5.95 Å². The van der Waals surface area contributed by atoms with Crippen LogP contribution in [0.1, 0.15) is 6.92 Å². The van der Waals surface area contributed by atoms with Gasteiger partial charge in [0.15, 0.2) is 0 Å². The molecule has 2 atom stereocenters. The van der Waals surface area contributed by atoms with Crippen LogP contribution in [0.3, 0.4) is 0 Å². The highest BCUT2D eigenvalue weighted by molar-refractivity contribution is 9.09. The van der Waals surface area contributed by atoms with Gasteiger partial charge in [-0.2, -0.15) is 4.68 Å². The number of rotatable bonds is 3. The van der Waals surface area contributed by atoms with Crippen LogP contribution >= 0.6 is 15.9 Å². The minimum Gasteiger partial charge on any atom is -0.373 e. The predicted molar refractivity (Wildman–Crippen MR) is 79.5 cm³/mol. The maximum absolute atomic E-state index is 5.75. The Bertz CT molecular complexity index is 561. The van der Waals surface area contributed by atoms with Crippen LogP contribution in [0, 0.1) is 0 Å². The molecule has 1 aliphatic rings. The first-order chi connectivity index (χ1) is 9.79. The number of alkyl halides is 1. The molecule has 0 bridgehead atoms. The molecule has 2 unspecified atom stereocenters. The second-order valence-electron chi connectivity index (χ2n) is 4.84. The molecule has 0 N–H and O–H groups in total. The Morgan fingerprint density at radius 1 is 1.35 bits per heavy atom. The number of para-hydroxylation sites is 1. The van der Waals surface area contributed by atoms with Gasteiger partial charge in [-0.3, -0.25) is 0 Å². The van der Waals surface area contributed by atoms with Crippen molar-refractivity contribution in [1.82, 2.24) is 20.2 Å². The van der Waals surface area contributed by atoms with Crippen molar-refractivity contribution in [3.8, 4) is 5.69 Å². The van der Waals surface area contributed by atoms with Gasteiger partial charge in [-0.25, -0.2) is 0 Å². The Morgan fingerprint density at radius 2 is 2.15 bits per heavy atom. The van der Waals surface area contributed by atoms with Gasteiger partial charge in [-0.05, 0) is 29.5 Å². The Kier molecular flexibility index (Phi) is 3.98. The smallest absolute Gasteiger partial charge is 0.250 e. The number of aromatic nitrogens is 4. The SMILES string of the molecule is CC1COC(CBr)CN1c1nnnn1-c1ccccc1. The molecular formula is C13H16BrN5O. The monoisotopic (exact) mass is 337 g/mol. The van der Waals surface area contributed by atoms with E-state index < -0.39 is 0 Å². The van der Waals surface area contributed by atoms with Crippen LogP contribution < -0.4 is 4.90 Å².